The van der Waals surface area contributed by atoms with E-state index in [4.69, 9.17) is 11.6 Å². The van der Waals surface area contributed by atoms with Crippen LogP contribution in [-0.4, -0.2) is 24.7 Å². The standard InChI is InChI=1S/C13H14ClN3O2S/c1-9-6-10-4-2-3-5-12(10)17(9)20(18,19)13-11(7-14)8-15-16-13/h2-5,8-9H,6-7H2,1H3,(H,15,16). The van der Waals surface area contributed by atoms with Gasteiger partial charge in [-0.05, 0) is 25.0 Å². The summed E-state index contributed by atoms with van der Waals surface area (Å²) >= 11 is 5.78. The van der Waals surface area contributed by atoms with Gasteiger partial charge in [-0.1, -0.05) is 18.2 Å². The zero-order valence-corrected chi connectivity index (χ0v) is 12.4. The number of nitrogens with zero attached hydrogens (tertiary/aromatic N) is 2. The number of aromatic amines is 1. The molecule has 0 aliphatic carbocycles. The highest BCUT2D eigenvalue weighted by Gasteiger charge is 2.37. The topological polar surface area (TPSA) is 66.1 Å². The fourth-order valence-corrected chi connectivity index (χ4v) is 4.71. The number of H-pyrrole nitrogens is 1. The number of para-hydroxylation sites is 1. The van der Waals surface area contributed by atoms with E-state index in [-0.39, 0.29) is 16.9 Å². The summed E-state index contributed by atoms with van der Waals surface area (Å²) in [5.41, 5.74) is 2.26. The van der Waals surface area contributed by atoms with E-state index in [1.807, 2.05) is 31.2 Å². The molecule has 1 unspecified atom stereocenters. The Kier molecular flexibility index (Phi) is 3.22. The molecule has 0 saturated heterocycles. The predicted molar refractivity (Wildman–Crippen MR) is 77.4 cm³/mol. The van der Waals surface area contributed by atoms with Gasteiger partial charge in [-0.15, -0.1) is 11.6 Å². The molecule has 1 aromatic heterocycles. The summed E-state index contributed by atoms with van der Waals surface area (Å²) in [6, 6.07) is 7.42. The molecule has 0 amide bonds. The van der Waals surface area contributed by atoms with Gasteiger partial charge in [0.15, 0.2) is 5.03 Å². The van der Waals surface area contributed by atoms with Crippen LogP contribution in [0.4, 0.5) is 5.69 Å². The summed E-state index contributed by atoms with van der Waals surface area (Å²) in [5.74, 6) is 0.106. The number of sulfonamides is 1. The van der Waals surface area contributed by atoms with E-state index in [1.54, 1.807) is 0 Å². The Morgan fingerprint density at radius 1 is 1.45 bits per heavy atom. The van der Waals surface area contributed by atoms with Crippen molar-refractivity contribution in [2.24, 2.45) is 0 Å². The molecule has 0 spiro atoms. The van der Waals surface area contributed by atoms with E-state index >= 15 is 0 Å². The zero-order valence-electron chi connectivity index (χ0n) is 10.9. The lowest BCUT2D eigenvalue weighted by Gasteiger charge is -2.24. The molecule has 0 radical (unpaired) electrons. The van der Waals surface area contributed by atoms with Crippen molar-refractivity contribution in [2.75, 3.05) is 4.31 Å². The average Bonchev–Trinajstić information content (AvgIpc) is 3.01. The number of fused-ring (bicyclic) bond motifs is 1. The Morgan fingerprint density at radius 2 is 2.20 bits per heavy atom. The fourth-order valence-electron chi connectivity index (χ4n) is 2.62. The number of rotatable bonds is 3. The van der Waals surface area contributed by atoms with Gasteiger partial charge in [0.05, 0.1) is 17.8 Å². The molecule has 2 heterocycles. The van der Waals surface area contributed by atoms with Gasteiger partial charge in [-0.2, -0.15) is 13.5 Å². The van der Waals surface area contributed by atoms with Crippen molar-refractivity contribution in [2.45, 2.75) is 30.3 Å². The highest BCUT2D eigenvalue weighted by molar-refractivity contribution is 7.92. The van der Waals surface area contributed by atoms with Gasteiger partial charge in [-0.25, -0.2) is 0 Å². The van der Waals surface area contributed by atoms with Gasteiger partial charge >= 0.3 is 0 Å². The van der Waals surface area contributed by atoms with E-state index in [2.05, 4.69) is 10.2 Å². The quantitative estimate of drug-likeness (QED) is 0.884. The van der Waals surface area contributed by atoms with Crippen LogP contribution in [-0.2, 0) is 22.3 Å². The Bertz CT molecular complexity index is 742. The van der Waals surface area contributed by atoms with E-state index < -0.39 is 10.0 Å². The fraction of sp³-hybridized carbons (Fsp3) is 0.308. The molecule has 1 atom stereocenters. The molecule has 20 heavy (non-hydrogen) atoms. The molecule has 1 aliphatic rings. The maximum Gasteiger partial charge on any atom is 0.281 e. The second-order valence-electron chi connectivity index (χ2n) is 4.84. The van der Waals surface area contributed by atoms with Crippen molar-refractivity contribution in [3.63, 3.8) is 0 Å². The third-order valence-corrected chi connectivity index (χ3v) is 5.72. The first-order valence-electron chi connectivity index (χ1n) is 6.26. The van der Waals surface area contributed by atoms with E-state index in [0.717, 1.165) is 11.3 Å². The molecular formula is C13H14ClN3O2S. The molecule has 0 bridgehead atoms. The van der Waals surface area contributed by atoms with Crippen molar-refractivity contribution in [3.05, 3.63) is 41.6 Å². The number of hydrogen-bond acceptors (Lipinski definition) is 3. The van der Waals surface area contributed by atoms with Crippen LogP contribution < -0.4 is 4.31 Å². The number of nitrogens with one attached hydrogen (secondary N) is 1. The number of aromatic nitrogens is 2. The van der Waals surface area contributed by atoms with Crippen LogP contribution in [0.1, 0.15) is 18.1 Å². The van der Waals surface area contributed by atoms with Crippen LogP contribution in [0.3, 0.4) is 0 Å². The number of benzene rings is 1. The van der Waals surface area contributed by atoms with Crippen LogP contribution in [0.25, 0.3) is 0 Å². The molecule has 0 saturated carbocycles. The second-order valence-corrected chi connectivity index (χ2v) is 6.86. The summed E-state index contributed by atoms with van der Waals surface area (Å²) in [4.78, 5) is 0. The Morgan fingerprint density at radius 3 is 2.95 bits per heavy atom. The summed E-state index contributed by atoms with van der Waals surface area (Å²) in [6.45, 7) is 1.90. The molecule has 5 nitrogen and oxygen atoms in total. The highest BCUT2D eigenvalue weighted by Crippen LogP contribution is 2.36. The molecule has 7 heteroatoms. The van der Waals surface area contributed by atoms with Gasteiger partial charge in [-0.3, -0.25) is 9.40 Å². The second kappa shape index (κ2) is 4.79. The normalized spacial score (nSPS) is 18.3. The Labute approximate surface area is 122 Å². The lowest BCUT2D eigenvalue weighted by atomic mass is 10.1. The molecule has 3 rings (SSSR count). The number of anilines is 1. The van der Waals surface area contributed by atoms with Crippen molar-refractivity contribution in [1.82, 2.24) is 10.2 Å². The van der Waals surface area contributed by atoms with E-state index in [9.17, 15) is 8.42 Å². The zero-order chi connectivity index (χ0) is 14.3. The van der Waals surface area contributed by atoms with E-state index in [1.165, 1.54) is 10.5 Å². The van der Waals surface area contributed by atoms with Gasteiger partial charge in [0.1, 0.15) is 0 Å². The molecule has 1 aliphatic heterocycles. The summed E-state index contributed by atoms with van der Waals surface area (Å²) in [5, 5.41) is 6.44. The van der Waals surface area contributed by atoms with Gasteiger partial charge in [0, 0.05) is 11.6 Å². The van der Waals surface area contributed by atoms with Crippen molar-refractivity contribution < 1.29 is 8.42 Å². The summed E-state index contributed by atoms with van der Waals surface area (Å²) < 4.78 is 27.1. The first-order valence-corrected chi connectivity index (χ1v) is 8.23. The predicted octanol–water partition coefficient (Wildman–Crippen LogP) is 2.29. The largest absolute Gasteiger partial charge is 0.281 e. The van der Waals surface area contributed by atoms with Crippen LogP contribution in [0, 0.1) is 0 Å². The number of alkyl halides is 1. The van der Waals surface area contributed by atoms with Crippen LogP contribution in [0.15, 0.2) is 35.5 Å². The number of hydrogen-bond donors (Lipinski definition) is 1. The van der Waals surface area contributed by atoms with Gasteiger partial charge < -0.3 is 0 Å². The maximum absolute atomic E-state index is 12.8. The third kappa shape index (κ3) is 1.91. The minimum absolute atomic E-state index is 0.0797. The SMILES string of the molecule is CC1Cc2ccccc2N1S(=O)(=O)c1[nH]ncc1CCl. The van der Waals surface area contributed by atoms with Gasteiger partial charge in [0.25, 0.3) is 10.0 Å². The smallest absolute Gasteiger partial charge is 0.266 e. The molecular weight excluding hydrogens is 298 g/mol. The lowest BCUT2D eigenvalue weighted by molar-refractivity contribution is 0.579. The molecule has 1 N–H and O–H groups in total. The summed E-state index contributed by atoms with van der Waals surface area (Å²) in [7, 11) is -3.67. The minimum atomic E-state index is -3.67. The molecule has 1 aromatic carbocycles. The summed E-state index contributed by atoms with van der Waals surface area (Å²) in [6.07, 6.45) is 2.16. The van der Waals surface area contributed by atoms with Crippen molar-refractivity contribution in [3.8, 4) is 0 Å². The first kappa shape index (κ1) is 13.5. The van der Waals surface area contributed by atoms with Crippen LogP contribution >= 0.6 is 11.6 Å². The van der Waals surface area contributed by atoms with Gasteiger partial charge in [0.2, 0.25) is 0 Å². The van der Waals surface area contributed by atoms with Crippen molar-refractivity contribution >= 4 is 27.3 Å². The Hall–Kier alpha value is -1.53. The van der Waals surface area contributed by atoms with E-state index in [0.29, 0.717) is 12.0 Å². The monoisotopic (exact) mass is 311 g/mol. The number of halogens is 1. The minimum Gasteiger partial charge on any atom is -0.266 e. The first-order chi connectivity index (χ1) is 9.55. The lowest BCUT2D eigenvalue weighted by Crippen LogP contribution is -2.36. The van der Waals surface area contributed by atoms with Crippen LogP contribution in [0.2, 0.25) is 0 Å². The van der Waals surface area contributed by atoms with Crippen LogP contribution in [0.5, 0.6) is 0 Å². The van der Waals surface area contributed by atoms with Crippen molar-refractivity contribution in [1.29, 1.82) is 0 Å². The third-order valence-electron chi connectivity index (χ3n) is 3.48. The maximum atomic E-state index is 12.8. The Balaban J connectivity index is 2.13. The molecule has 0 fully saturated rings. The molecule has 106 valence electrons. The molecule has 2 aromatic rings. The highest BCUT2D eigenvalue weighted by atomic mass is 35.5. The average molecular weight is 312 g/mol.